The summed E-state index contributed by atoms with van der Waals surface area (Å²) in [6, 6.07) is 0. The first-order valence-electron chi connectivity index (χ1n) is 3.88. The van der Waals surface area contributed by atoms with Crippen LogP contribution < -0.4 is 0 Å². The van der Waals surface area contributed by atoms with Crippen LogP contribution in [0.3, 0.4) is 0 Å². The van der Waals surface area contributed by atoms with Gasteiger partial charge in [0.05, 0.1) is 0 Å². The van der Waals surface area contributed by atoms with Gasteiger partial charge in [-0.15, -0.1) is 4.98 Å². The highest BCUT2D eigenvalue weighted by atomic mass is 15.1. The lowest BCUT2D eigenvalue weighted by atomic mass is 10.1. The van der Waals surface area contributed by atoms with E-state index in [1.807, 2.05) is 11.5 Å². The first kappa shape index (κ1) is 8.79. The number of nitrogens with zero attached hydrogens (tertiary/aromatic N) is 3. The van der Waals surface area contributed by atoms with E-state index in [2.05, 4.69) is 30.6 Å². The Morgan fingerprint density at radius 1 is 1.50 bits per heavy atom. The highest BCUT2D eigenvalue weighted by Crippen LogP contribution is 2.22. The van der Waals surface area contributed by atoms with Crippen LogP contribution in [0.1, 0.15) is 26.5 Å². The van der Waals surface area contributed by atoms with Crippen LogP contribution in [0.5, 0.6) is 0 Å². The van der Waals surface area contributed by atoms with Gasteiger partial charge in [-0.25, -0.2) is 0 Å². The average Bonchev–Trinajstić information content (AvgIpc) is 2.29. The minimum absolute atomic E-state index is 0.0139. The summed E-state index contributed by atoms with van der Waals surface area (Å²) in [5, 5.41) is 0. The van der Waals surface area contributed by atoms with Crippen molar-refractivity contribution in [3.8, 4) is 0 Å². The van der Waals surface area contributed by atoms with E-state index in [1.54, 1.807) is 6.33 Å². The Hall–Kier alpha value is -1.30. The van der Waals surface area contributed by atoms with Crippen LogP contribution in [0.2, 0.25) is 0 Å². The minimum atomic E-state index is 0.0139. The van der Waals surface area contributed by atoms with Crippen molar-refractivity contribution < 1.29 is 0 Å². The van der Waals surface area contributed by atoms with Crippen molar-refractivity contribution in [1.29, 1.82) is 0 Å². The fourth-order valence-corrected chi connectivity index (χ4v) is 1.19. The Labute approximate surface area is 72.9 Å². The van der Waals surface area contributed by atoms with Crippen molar-refractivity contribution >= 4 is 5.82 Å². The van der Waals surface area contributed by atoms with Gasteiger partial charge < -0.3 is 9.41 Å². The molecule has 64 valence electrons. The van der Waals surface area contributed by atoms with E-state index in [9.17, 15) is 0 Å². The van der Waals surface area contributed by atoms with Crippen molar-refractivity contribution in [3.63, 3.8) is 0 Å². The molecular formula is C9H13N3. The maximum atomic E-state index is 6.85. The van der Waals surface area contributed by atoms with Gasteiger partial charge in [0.1, 0.15) is 0 Å². The van der Waals surface area contributed by atoms with E-state index in [4.69, 9.17) is 6.57 Å². The molecule has 3 nitrogen and oxygen atoms in total. The van der Waals surface area contributed by atoms with Crippen LogP contribution in [0, 0.1) is 13.5 Å². The second-order valence-corrected chi connectivity index (χ2v) is 3.81. The smallest absolute Gasteiger partial charge is 0.290 e. The zero-order chi connectivity index (χ0) is 9.35. The van der Waals surface area contributed by atoms with Gasteiger partial charge in [0.15, 0.2) is 6.33 Å². The fourth-order valence-electron chi connectivity index (χ4n) is 1.19. The molecule has 0 radical (unpaired) electrons. The molecule has 0 atom stereocenters. The van der Waals surface area contributed by atoms with Crippen molar-refractivity contribution in [2.45, 2.75) is 33.2 Å². The van der Waals surface area contributed by atoms with Crippen LogP contribution in [0.15, 0.2) is 6.33 Å². The molecule has 1 aromatic rings. The van der Waals surface area contributed by atoms with Crippen LogP contribution in [0.25, 0.3) is 4.85 Å². The van der Waals surface area contributed by atoms with Crippen LogP contribution >= 0.6 is 0 Å². The highest BCUT2D eigenvalue weighted by Gasteiger charge is 2.18. The lowest BCUT2D eigenvalue weighted by Gasteiger charge is -2.21. The second kappa shape index (κ2) is 2.63. The van der Waals surface area contributed by atoms with Crippen LogP contribution in [-0.2, 0) is 5.54 Å². The van der Waals surface area contributed by atoms with E-state index < -0.39 is 0 Å². The molecule has 0 N–H and O–H groups in total. The van der Waals surface area contributed by atoms with E-state index in [-0.39, 0.29) is 5.54 Å². The molecule has 0 saturated heterocycles. The third-order valence-corrected chi connectivity index (χ3v) is 1.81. The van der Waals surface area contributed by atoms with Gasteiger partial charge in [-0.05, 0) is 27.7 Å². The van der Waals surface area contributed by atoms with Crippen LogP contribution in [-0.4, -0.2) is 9.55 Å². The first-order valence-corrected chi connectivity index (χ1v) is 3.88. The van der Waals surface area contributed by atoms with E-state index in [0.717, 1.165) is 5.69 Å². The largest absolute Gasteiger partial charge is 0.359 e. The molecule has 0 spiro atoms. The third-order valence-electron chi connectivity index (χ3n) is 1.81. The highest BCUT2D eigenvalue weighted by molar-refractivity contribution is 5.41. The number of hydrogen-bond donors (Lipinski definition) is 0. The molecular weight excluding hydrogens is 150 g/mol. The van der Waals surface area contributed by atoms with Crippen LogP contribution in [0.4, 0.5) is 5.82 Å². The second-order valence-electron chi connectivity index (χ2n) is 3.81. The van der Waals surface area contributed by atoms with Gasteiger partial charge in [-0.3, -0.25) is 0 Å². The standard InChI is InChI=1S/C9H13N3/c1-7-8(10-5)11-6-12(7)9(2,3)4/h6H,1-4H3. The Morgan fingerprint density at radius 2 is 2.08 bits per heavy atom. The van der Waals surface area contributed by atoms with E-state index >= 15 is 0 Å². The first-order chi connectivity index (χ1) is 5.46. The molecule has 1 rings (SSSR count). The Kier molecular flexibility index (Phi) is 1.93. The molecule has 0 saturated carbocycles. The zero-order valence-corrected chi connectivity index (χ0v) is 7.92. The van der Waals surface area contributed by atoms with Gasteiger partial charge in [0, 0.05) is 11.2 Å². The van der Waals surface area contributed by atoms with Gasteiger partial charge in [-0.1, -0.05) is 6.57 Å². The average molecular weight is 163 g/mol. The summed E-state index contributed by atoms with van der Waals surface area (Å²) >= 11 is 0. The van der Waals surface area contributed by atoms with E-state index in [1.165, 1.54) is 0 Å². The molecule has 0 aliphatic heterocycles. The summed E-state index contributed by atoms with van der Waals surface area (Å²) in [5.74, 6) is 0.505. The molecule has 0 bridgehead atoms. The normalized spacial score (nSPS) is 11.2. The third kappa shape index (κ3) is 1.33. The van der Waals surface area contributed by atoms with Crippen molar-refractivity contribution in [3.05, 3.63) is 23.4 Å². The molecule has 1 aromatic heterocycles. The molecule has 0 amide bonds. The number of rotatable bonds is 0. The zero-order valence-electron chi connectivity index (χ0n) is 7.92. The molecule has 0 aromatic carbocycles. The lowest BCUT2D eigenvalue weighted by molar-refractivity contribution is 0.389. The summed E-state index contributed by atoms with van der Waals surface area (Å²) in [6.45, 7) is 15.1. The Balaban J connectivity index is 3.22. The quantitative estimate of drug-likeness (QED) is 0.539. The number of imidazole rings is 1. The van der Waals surface area contributed by atoms with Crippen molar-refractivity contribution in [1.82, 2.24) is 9.55 Å². The Morgan fingerprint density at radius 3 is 2.33 bits per heavy atom. The summed E-state index contributed by atoms with van der Waals surface area (Å²) in [6.07, 6.45) is 1.72. The molecule has 3 heteroatoms. The Bertz CT molecular complexity index is 323. The maximum Gasteiger partial charge on any atom is 0.290 e. The molecule has 0 aliphatic carbocycles. The predicted molar refractivity (Wildman–Crippen MR) is 48.2 cm³/mol. The molecule has 1 heterocycles. The predicted octanol–water partition coefficient (Wildman–Crippen LogP) is 2.50. The summed E-state index contributed by atoms with van der Waals surface area (Å²) in [4.78, 5) is 7.33. The molecule has 0 aliphatic rings. The monoisotopic (exact) mass is 163 g/mol. The summed E-state index contributed by atoms with van der Waals surface area (Å²) in [5.41, 5.74) is 0.956. The topological polar surface area (TPSA) is 22.2 Å². The molecule has 0 fully saturated rings. The minimum Gasteiger partial charge on any atom is -0.359 e. The maximum absolute atomic E-state index is 6.85. The van der Waals surface area contributed by atoms with Gasteiger partial charge in [-0.2, -0.15) is 0 Å². The molecule has 12 heavy (non-hydrogen) atoms. The van der Waals surface area contributed by atoms with Crippen molar-refractivity contribution in [2.24, 2.45) is 0 Å². The van der Waals surface area contributed by atoms with E-state index in [0.29, 0.717) is 5.82 Å². The molecule has 0 unspecified atom stereocenters. The van der Waals surface area contributed by atoms with Gasteiger partial charge >= 0.3 is 0 Å². The number of hydrogen-bond acceptors (Lipinski definition) is 1. The lowest BCUT2D eigenvalue weighted by Crippen LogP contribution is -2.21. The fraction of sp³-hybridized carbons (Fsp3) is 0.556. The van der Waals surface area contributed by atoms with Gasteiger partial charge in [0.25, 0.3) is 5.82 Å². The SMILES string of the molecule is [C-]#[N+]c1ncn(C(C)(C)C)c1C. The van der Waals surface area contributed by atoms with Crippen molar-refractivity contribution in [2.75, 3.05) is 0 Å². The summed E-state index contributed by atoms with van der Waals surface area (Å²) in [7, 11) is 0. The summed E-state index contributed by atoms with van der Waals surface area (Å²) < 4.78 is 2.01. The number of aromatic nitrogens is 2. The van der Waals surface area contributed by atoms with Gasteiger partial charge in [0.2, 0.25) is 0 Å².